The molecule has 0 amide bonds. The van der Waals surface area contributed by atoms with Crippen molar-refractivity contribution >= 4 is 17.2 Å². The van der Waals surface area contributed by atoms with Gasteiger partial charge in [-0.05, 0) is 56.2 Å². The molecule has 21 heavy (non-hydrogen) atoms. The van der Waals surface area contributed by atoms with Crippen molar-refractivity contribution in [3.63, 3.8) is 0 Å². The predicted octanol–water partition coefficient (Wildman–Crippen LogP) is 3.92. The molecule has 0 aliphatic heterocycles. The molecule has 2 unspecified atom stereocenters. The monoisotopic (exact) mass is 307 g/mol. The van der Waals surface area contributed by atoms with Gasteiger partial charge in [-0.15, -0.1) is 0 Å². The Morgan fingerprint density at radius 1 is 1.19 bits per heavy atom. The second-order valence-electron chi connectivity index (χ2n) is 6.12. The largest absolute Gasteiger partial charge is 0.490 e. The van der Waals surface area contributed by atoms with E-state index in [1.54, 1.807) is 0 Å². The number of thiocarbonyl (C=S) groups is 1. The van der Waals surface area contributed by atoms with Gasteiger partial charge in [0, 0.05) is 5.56 Å². The maximum absolute atomic E-state index is 6.21. The molecule has 0 bridgehead atoms. The molecule has 1 aromatic rings. The van der Waals surface area contributed by atoms with Crippen LogP contribution < -0.4 is 15.2 Å². The van der Waals surface area contributed by atoms with Crippen molar-refractivity contribution in [2.45, 2.75) is 46.1 Å². The summed E-state index contributed by atoms with van der Waals surface area (Å²) in [6.45, 7) is 7.15. The van der Waals surface area contributed by atoms with Crippen LogP contribution in [0.1, 0.15) is 45.6 Å². The lowest BCUT2D eigenvalue weighted by molar-refractivity contribution is 0.0971. The normalized spacial score (nSPS) is 25.4. The van der Waals surface area contributed by atoms with E-state index in [4.69, 9.17) is 27.4 Å². The maximum Gasteiger partial charge on any atom is 0.161 e. The number of hydrogen-bond acceptors (Lipinski definition) is 3. The Bertz CT molecular complexity index is 494. The molecule has 0 radical (unpaired) electrons. The van der Waals surface area contributed by atoms with Crippen LogP contribution in [0.3, 0.4) is 0 Å². The summed E-state index contributed by atoms with van der Waals surface area (Å²) in [4.78, 5) is 0.377. The van der Waals surface area contributed by atoms with Crippen LogP contribution in [0, 0.1) is 11.8 Å². The third-order valence-electron chi connectivity index (χ3n) is 3.96. The van der Waals surface area contributed by atoms with Crippen molar-refractivity contribution in [3.05, 3.63) is 23.8 Å². The van der Waals surface area contributed by atoms with Crippen molar-refractivity contribution in [1.82, 2.24) is 0 Å². The van der Waals surface area contributed by atoms with Crippen LogP contribution in [0.5, 0.6) is 11.5 Å². The lowest BCUT2D eigenvalue weighted by Crippen LogP contribution is -2.28. The molecule has 0 heterocycles. The van der Waals surface area contributed by atoms with Gasteiger partial charge in [0.15, 0.2) is 11.5 Å². The van der Waals surface area contributed by atoms with Crippen LogP contribution >= 0.6 is 12.2 Å². The summed E-state index contributed by atoms with van der Waals surface area (Å²) in [5.41, 5.74) is 6.50. The molecule has 1 aliphatic rings. The molecular formula is C17H25NO2S. The Kier molecular flexibility index (Phi) is 5.45. The van der Waals surface area contributed by atoms with E-state index in [0.29, 0.717) is 23.4 Å². The smallest absolute Gasteiger partial charge is 0.161 e. The average molecular weight is 307 g/mol. The molecule has 0 saturated heterocycles. The second-order valence-corrected chi connectivity index (χ2v) is 6.56. The van der Waals surface area contributed by atoms with Gasteiger partial charge < -0.3 is 15.2 Å². The molecule has 2 rings (SSSR count). The second kappa shape index (κ2) is 7.12. The zero-order chi connectivity index (χ0) is 15.4. The van der Waals surface area contributed by atoms with E-state index in [0.717, 1.165) is 29.9 Å². The number of benzene rings is 1. The zero-order valence-corrected chi connectivity index (χ0v) is 13.9. The van der Waals surface area contributed by atoms with E-state index in [1.165, 1.54) is 6.42 Å². The average Bonchev–Trinajstić information content (AvgIpc) is 2.39. The minimum atomic E-state index is 0.263. The van der Waals surface area contributed by atoms with Gasteiger partial charge in [0.1, 0.15) is 4.99 Å². The van der Waals surface area contributed by atoms with Crippen LogP contribution in [-0.2, 0) is 0 Å². The molecule has 1 aliphatic carbocycles. The summed E-state index contributed by atoms with van der Waals surface area (Å²) in [7, 11) is 0. The van der Waals surface area contributed by atoms with Crippen molar-refractivity contribution in [3.8, 4) is 11.5 Å². The quantitative estimate of drug-likeness (QED) is 0.837. The molecule has 1 fully saturated rings. The summed E-state index contributed by atoms with van der Waals surface area (Å²) in [5, 5.41) is 0. The minimum Gasteiger partial charge on any atom is -0.490 e. The van der Waals surface area contributed by atoms with Crippen LogP contribution in [0.4, 0.5) is 0 Å². The lowest BCUT2D eigenvalue weighted by Gasteiger charge is -2.32. The molecule has 3 nitrogen and oxygen atoms in total. The van der Waals surface area contributed by atoms with Gasteiger partial charge in [0.25, 0.3) is 0 Å². The fourth-order valence-corrected chi connectivity index (χ4v) is 3.30. The molecule has 2 N–H and O–H groups in total. The third-order valence-corrected chi connectivity index (χ3v) is 4.19. The van der Waals surface area contributed by atoms with Crippen LogP contribution in [0.25, 0.3) is 0 Å². The van der Waals surface area contributed by atoms with Gasteiger partial charge in [0.2, 0.25) is 0 Å². The first kappa shape index (κ1) is 16.1. The van der Waals surface area contributed by atoms with Gasteiger partial charge in [-0.1, -0.05) is 26.1 Å². The van der Waals surface area contributed by atoms with Crippen LogP contribution in [-0.4, -0.2) is 17.7 Å². The zero-order valence-electron chi connectivity index (χ0n) is 13.1. The highest BCUT2D eigenvalue weighted by Gasteiger charge is 2.26. The first-order valence-electron chi connectivity index (χ1n) is 7.72. The highest BCUT2D eigenvalue weighted by molar-refractivity contribution is 7.80. The van der Waals surface area contributed by atoms with Crippen molar-refractivity contribution in [1.29, 1.82) is 0 Å². The molecule has 0 aromatic heterocycles. The fourth-order valence-electron chi connectivity index (χ4n) is 3.18. The van der Waals surface area contributed by atoms with Gasteiger partial charge in [-0.25, -0.2) is 0 Å². The van der Waals surface area contributed by atoms with Gasteiger partial charge >= 0.3 is 0 Å². The first-order chi connectivity index (χ1) is 9.99. The van der Waals surface area contributed by atoms with E-state index >= 15 is 0 Å². The Balaban J connectivity index is 2.16. The van der Waals surface area contributed by atoms with Crippen molar-refractivity contribution < 1.29 is 9.47 Å². The molecule has 2 atom stereocenters. The van der Waals surface area contributed by atoms with Gasteiger partial charge in [0.05, 0.1) is 12.7 Å². The number of ether oxygens (including phenoxy) is 2. The molecule has 0 spiro atoms. The Morgan fingerprint density at radius 3 is 2.43 bits per heavy atom. The highest BCUT2D eigenvalue weighted by atomic mass is 32.1. The maximum atomic E-state index is 6.21. The van der Waals surface area contributed by atoms with Crippen LogP contribution in [0.2, 0.25) is 0 Å². The summed E-state index contributed by atoms with van der Waals surface area (Å²) in [6.07, 6.45) is 3.76. The number of hydrogen-bond donors (Lipinski definition) is 1. The third kappa shape index (κ3) is 4.34. The summed E-state index contributed by atoms with van der Waals surface area (Å²) >= 11 is 5.02. The molecular weight excluding hydrogens is 282 g/mol. The van der Waals surface area contributed by atoms with E-state index in [-0.39, 0.29) is 6.10 Å². The summed E-state index contributed by atoms with van der Waals surface area (Å²) in [6, 6.07) is 5.69. The van der Waals surface area contributed by atoms with E-state index in [1.807, 2.05) is 25.1 Å². The minimum absolute atomic E-state index is 0.263. The predicted molar refractivity (Wildman–Crippen MR) is 90.1 cm³/mol. The van der Waals surface area contributed by atoms with Crippen molar-refractivity contribution in [2.24, 2.45) is 17.6 Å². The van der Waals surface area contributed by atoms with Gasteiger partial charge in [-0.3, -0.25) is 0 Å². The number of rotatable bonds is 5. The SMILES string of the molecule is CCOc1cc(C(N)=S)ccc1OC1CC(C)CC(C)C1. The number of nitrogens with two attached hydrogens (primary N) is 1. The van der Waals surface area contributed by atoms with Gasteiger partial charge in [-0.2, -0.15) is 0 Å². The fraction of sp³-hybridized carbons (Fsp3) is 0.588. The van der Waals surface area contributed by atoms with E-state index in [9.17, 15) is 0 Å². The standard InChI is InChI=1S/C17H25NO2S/c1-4-19-16-10-13(17(18)21)5-6-15(16)20-14-8-11(2)7-12(3)9-14/h5-6,10-12,14H,4,7-9H2,1-3H3,(H2,18,21). The molecule has 4 heteroatoms. The lowest BCUT2D eigenvalue weighted by atomic mass is 9.82. The molecule has 116 valence electrons. The topological polar surface area (TPSA) is 44.5 Å². The van der Waals surface area contributed by atoms with E-state index in [2.05, 4.69) is 13.8 Å². The van der Waals surface area contributed by atoms with Crippen molar-refractivity contribution in [2.75, 3.05) is 6.61 Å². The Morgan fingerprint density at radius 2 is 1.86 bits per heavy atom. The van der Waals surface area contributed by atoms with Crippen LogP contribution in [0.15, 0.2) is 18.2 Å². The first-order valence-corrected chi connectivity index (χ1v) is 8.13. The molecule has 1 saturated carbocycles. The van der Waals surface area contributed by atoms with E-state index < -0.39 is 0 Å². The summed E-state index contributed by atoms with van der Waals surface area (Å²) in [5.74, 6) is 2.95. The molecule has 1 aromatic carbocycles. The Hall–Kier alpha value is -1.29. The Labute approximate surface area is 132 Å². The summed E-state index contributed by atoms with van der Waals surface area (Å²) < 4.78 is 11.9. The highest BCUT2D eigenvalue weighted by Crippen LogP contribution is 2.35.